The zero-order valence-corrected chi connectivity index (χ0v) is 20.5. The standard InChI is InChI=1S/C19H24N4O4S4/c1-23-9-5-6-13(12-23)14-15(22-31-21-14)28-10-4-2-3-7-19(26-16(24)17(25)27-19)30-18-20-8-11-29-18/h6H,2-5,7-12H2,1H3. The van der Waals surface area contributed by atoms with Crippen molar-refractivity contribution in [2.45, 2.75) is 42.2 Å². The first-order valence-corrected chi connectivity index (χ1v) is 13.7. The van der Waals surface area contributed by atoms with Gasteiger partial charge in [-0.1, -0.05) is 24.3 Å². The molecule has 0 spiro atoms. The molecule has 3 aliphatic heterocycles. The Labute approximate surface area is 198 Å². The lowest BCUT2D eigenvalue weighted by atomic mass is 10.1. The fraction of sp³-hybridized carbons (Fsp3) is 0.632. The van der Waals surface area contributed by atoms with Crippen molar-refractivity contribution < 1.29 is 19.1 Å². The Kier molecular flexibility index (Phi) is 7.96. The Morgan fingerprint density at radius 3 is 2.77 bits per heavy atom. The van der Waals surface area contributed by atoms with Gasteiger partial charge in [0.05, 0.1) is 18.3 Å². The monoisotopic (exact) mass is 500 g/mol. The Hall–Kier alpha value is -1.08. The van der Waals surface area contributed by atoms with Crippen LogP contribution in [0.1, 0.15) is 37.8 Å². The van der Waals surface area contributed by atoms with Gasteiger partial charge in [0.15, 0.2) is 0 Å². The summed E-state index contributed by atoms with van der Waals surface area (Å²) in [6.07, 6.45) is 6.48. The van der Waals surface area contributed by atoms with E-state index < -0.39 is 17.1 Å². The smallest absolute Gasteiger partial charge is 0.404 e. The molecule has 0 atom stereocenters. The van der Waals surface area contributed by atoms with Crippen LogP contribution in [-0.4, -0.2) is 73.3 Å². The number of cyclic esters (lactones) is 2. The molecule has 0 amide bonds. The van der Waals surface area contributed by atoms with Crippen molar-refractivity contribution in [3.63, 3.8) is 0 Å². The van der Waals surface area contributed by atoms with Crippen LogP contribution < -0.4 is 0 Å². The van der Waals surface area contributed by atoms with Crippen LogP contribution in [0.2, 0.25) is 0 Å². The molecule has 1 saturated heterocycles. The lowest BCUT2D eigenvalue weighted by Gasteiger charge is -2.24. The number of aromatic nitrogens is 2. The minimum Gasteiger partial charge on any atom is -0.404 e. The molecule has 3 aliphatic rings. The quantitative estimate of drug-likeness (QED) is 0.217. The van der Waals surface area contributed by atoms with Crippen molar-refractivity contribution in [3.05, 3.63) is 11.8 Å². The first-order chi connectivity index (χ1) is 15.0. The van der Waals surface area contributed by atoms with E-state index in [0.717, 1.165) is 71.9 Å². The molecular weight excluding hydrogens is 477 g/mol. The molecule has 0 radical (unpaired) electrons. The predicted molar refractivity (Wildman–Crippen MR) is 126 cm³/mol. The van der Waals surface area contributed by atoms with E-state index in [4.69, 9.17) is 9.47 Å². The van der Waals surface area contributed by atoms with Crippen LogP contribution in [0, 0.1) is 0 Å². The highest BCUT2D eigenvalue weighted by Gasteiger charge is 2.50. The Balaban J connectivity index is 1.23. The molecule has 4 heterocycles. The maximum absolute atomic E-state index is 11.6. The number of hydrogen-bond acceptors (Lipinski definition) is 12. The molecule has 0 N–H and O–H groups in total. The van der Waals surface area contributed by atoms with Crippen molar-refractivity contribution >= 4 is 68.9 Å². The fourth-order valence-electron chi connectivity index (χ4n) is 3.42. The SMILES string of the molecule is CN1CCC=C(c2nsnc2SCCCCCC2(SC3=NCCS3)OC(=O)C(=O)O2)C1. The summed E-state index contributed by atoms with van der Waals surface area (Å²) in [6, 6.07) is 0. The highest BCUT2D eigenvalue weighted by molar-refractivity contribution is 8.39. The van der Waals surface area contributed by atoms with Gasteiger partial charge in [0.2, 0.25) is 0 Å². The van der Waals surface area contributed by atoms with Gasteiger partial charge in [0.1, 0.15) is 15.1 Å². The van der Waals surface area contributed by atoms with E-state index in [1.165, 1.54) is 29.1 Å². The van der Waals surface area contributed by atoms with E-state index >= 15 is 0 Å². The van der Waals surface area contributed by atoms with Crippen LogP contribution in [0.25, 0.3) is 5.57 Å². The number of unbranched alkanes of at least 4 members (excludes halogenated alkanes) is 2. The molecule has 0 aliphatic carbocycles. The van der Waals surface area contributed by atoms with Crippen LogP contribution in [0.15, 0.2) is 16.1 Å². The van der Waals surface area contributed by atoms with E-state index in [1.807, 2.05) is 0 Å². The van der Waals surface area contributed by atoms with Crippen LogP contribution >= 0.6 is 47.0 Å². The summed E-state index contributed by atoms with van der Waals surface area (Å²) < 4.78 is 20.4. The Morgan fingerprint density at radius 2 is 2.03 bits per heavy atom. The maximum atomic E-state index is 11.6. The van der Waals surface area contributed by atoms with Crippen LogP contribution in [0.4, 0.5) is 0 Å². The highest BCUT2D eigenvalue weighted by Crippen LogP contribution is 2.42. The molecule has 8 nitrogen and oxygen atoms in total. The average molecular weight is 501 g/mol. The van der Waals surface area contributed by atoms with Gasteiger partial charge in [-0.15, -0.1) is 11.8 Å². The molecule has 0 unspecified atom stereocenters. The van der Waals surface area contributed by atoms with Crippen molar-refractivity contribution in [1.29, 1.82) is 0 Å². The van der Waals surface area contributed by atoms with Gasteiger partial charge in [-0.2, -0.15) is 8.75 Å². The lowest BCUT2D eigenvalue weighted by molar-refractivity contribution is -0.150. The molecular formula is C19H24N4O4S4. The third kappa shape index (κ3) is 6.04. The largest absolute Gasteiger partial charge is 0.421 e. The highest BCUT2D eigenvalue weighted by atomic mass is 32.2. The summed E-state index contributed by atoms with van der Waals surface area (Å²) in [5, 5.41) is -0.253. The Morgan fingerprint density at radius 1 is 1.19 bits per heavy atom. The van der Waals surface area contributed by atoms with Gasteiger partial charge in [-0.05, 0) is 49.4 Å². The molecule has 4 rings (SSSR count). The van der Waals surface area contributed by atoms with Gasteiger partial charge >= 0.3 is 17.1 Å². The second-order valence-electron chi connectivity index (χ2n) is 7.39. The molecule has 168 valence electrons. The number of aliphatic imine (C=N–C) groups is 1. The van der Waals surface area contributed by atoms with Gasteiger partial charge in [-0.3, -0.25) is 4.99 Å². The number of likely N-dealkylation sites (N-methyl/N-ethyl adjacent to an activating group) is 1. The van der Waals surface area contributed by atoms with Gasteiger partial charge in [-0.25, -0.2) is 9.59 Å². The summed E-state index contributed by atoms with van der Waals surface area (Å²) in [6.45, 7) is 2.74. The number of hydrogen-bond donors (Lipinski definition) is 0. The summed E-state index contributed by atoms with van der Waals surface area (Å²) in [7, 11) is 2.13. The summed E-state index contributed by atoms with van der Waals surface area (Å²) >= 11 is 5.85. The fourth-order valence-corrected chi connectivity index (χ4v) is 7.44. The van der Waals surface area contributed by atoms with Gasteiger partial charge < -0.3 is 14.4 Å². The second kappa shape index (κ2) is 10.7. The first kappa shape index (κ1) is 23.1. The van der Waals surface area contributed by atoms with Gasteiger partial charge in [0.25, 0.3) is 0 Å². The van der Waals surface area contributed by atoms with Crippen LogP contribution in [-0.2, 0) is 19.1 Å². The van der Waals surface area contributed by atoms with E-state index in [2.05, 4.69) is 31.8 Å². The number of esters is 2. The molecule has 12 heteroatoms. The summed E-state index contributed by atoms with van der Waals surface area (Å²) in [5.41, 5.74) is 2.29. The minimum atomic E-state index is -1.26. The minimum absolute atomic E-state index is 0.460. The molecule has 1 fully saturated rings. The summed E-state index contributed by atoms with van der Waals surface area (Å²) in [4.78, 5) is 29.9. The lowest BCUT2D eigenvalue weighted by Crippen LogP contribution is -2.27. The third-order valence-corrected chi connectivity index (χ3v) is 8.98. The molecule has 0 aromatic carbocycles. The zero-order valence-electron chi connectivity index (χ0n) is 17.2. The first-order valence-electron chi connectivity index (χ1n) is 10.2. The van der Waals surface area contributed by atoms with Crippen molar-refractivity contribution in [2.24, 2.45) is 4.99 Å². The number of nitrogens with zero attached hydrogens (tertiary/aromatic N) is 4. The van der Waals surface area contributed by atoms with Crippen molar-refractivity contribution in [1.82, 2.24) is 13.6 Å². The topological polar surface area (TPSA) is 94.0 Å². The zero-order chi connectivity index (χ0) is 21.7. The Bertz CT molecular complexity index is 872. The summed E-state index contributed by atoms with van der Waals surface area (Å²) in [5.74, 6) is -0.00195. The third-order valence-electron chi connectivity index (χ3n) is 4.93. The molecule has 0 saturated carbocycles. The number of rotatable bonds is 9. The number of ether oxygens (including phenoxy) is 2. The predicted octanol–water partition coefficient (Wildman–Crippen LogP) is 3.50. The van der Waals surface area contributed by atoms with Gasteiger partial charge in [0, 0.05) is 25.3 Å². The number of carbonyl (C=O) groups excluding carboxylic acids is 2. The van der Waals surface area contributed by atoms with Crippen molar-refractivity contribution in [3.8, 4) is 0 Å². The average Bonchev–Trinajstić information content (AvgIpc) is 3.47. The second-order valence-corrected chi connectivity index (χ2v) is 11.6. The van der Waals surface area contributed by atoms with E-state index in [0.29, 0.717) is 6.42 Å². The van der Waals surface area contributed by atoms with E-state index in [1.54, 1.807) is 23.5 Å². The van der Waals surface area contributed by atoms with Crippen LogP contribution in [0.3, 0.4) is 0 Å². The number of carbonyl (C=O) groups is 2. The van der Waals surface area contributed by atoms with Crippen molar-refractivity contribution in [2.75, 3.05) is 38.2 Å². The molecule has 0 bridgehead atoms. The number of thioether (sulfide) groups is 3. The normalized spacial score (nSPS) is 21.1. The van der Waals surface area contributed by atoms with E-state index in [9.17, 15) is 9.59 Å². The molecule has 1 aromatic rings. The maximum Gasteiger partial charge on any atom is 0.421 e. The molecule has 31 heavy (non-hydrogen) atoms. The van der Waals surface area contributed by atoms with Crippen LogP contribution in [0.5, 0.6) is 0 Å². The molecule has 1 aromatic heterocycles. The van der Waals surface area contributed by atoms with E-state index in [-0.39, 0.29) is 0 Å².